The van der Waals surface area contributed by atoms with Crippen LogP contribution in [0, 0.1) is 17.8 Å². The monoisotopic (exact) mass is 447 g/mol. The second-order valence-corrected chi connectivity index (χ2v) is 10.8. The maximum Gasteiger partial charge on any atom is 0.0729 e. The summed E-state index contributed by atoms with van der Waals surface area (Å²) in [6.07, 6.45) is 24.5. The van der Waals surface area contributed by atoms with Gasteiger partial charge in [-0.15, -0.1) is 0 Å². The lowest BCUT2D eigenvalue weighted by atomic mass is 9.77. The summed E-state index contributed by atoms with van der Waals surface area (Å²) in [7, 11) is 0. The number of rotatable bonds is 8. The molecule has 0 spiro atoms. The predicted octanol–water partition coefficient (Wildman–Crippen LogP) is 7.32. The van der Waals surface area contributed by atoms with Crippen LogP contribution >= 0.6 is 0 Å². The minimum absolute atomic E-state index is 0.727. The van der Waals surface area contributed by atoms with E-state index < -0.39 is 0 Å². The van der Waals surface area contributed by atoms with Gasteiger partial charge in [-0.1, -0.05) is 32.1 Å². The first-order valence-electron chi connectivity index (χ1n) is 13.6. The summed E-state index contributed by atoms with van der Waals surface area (Å²) in [6, 6.07) is 0. The van der Waals surface area contributed by atoms with E-state index in [0.29, 0.717) is 0 Å². The Kier molecular flexibility index (Phi) is 8.69. The minimum Gasteiger partial charge on any atom is -0.388 e. The van der Waals surface area contributed by atoms with Gasteiger partial charge >= 0.3 is 0 Å². The van der Waals surface area contributed by atoms with Crippen LogP contribution in [0.2, 0.25) is 0 Å². The summed E-state index contributed by atoms with van der Waals surface area (Å²) < 4.78 is 0. The zero-order valence-corrected chi connectivity index (χ0v) is 21.0. The van der Waals surface area contributed by atoms with Gasteiger partial charge in [0.15, 0.2) is 0 Å². The van der Waals surface area contributed by atoms with Crippen molar-refractivity contribution in [2.45, 2.75) is 84.0 Å². The summed E-state index contributed by atoms with van der Waals surface area (Å²) in [5.74, 6) is 2.29. The topological polar surface area (TPSA) is 27.6 Å². The molecule has 0 radical (unpaired) electrons. The van der Waals surface area contributed by atoms with Gasteiger partial charge in [0.1, 0.15) is 0 Å². The summed E-state index contributed by atoms with van der Waals surface area (Å²) in [5, 5.41) is 3.71. The van der Waals surface area contributed by atoms with Gasteiger partial charge in [0, 0.05) is 37.2 Å². The van der Waals surface area contributed by atoms with Crippen LogP contribution in [0.3, 0.4) is 0 Å². The van der Waals surface area contributed by atoms with E-state index in [9.17, 15) is 0 Å². The van der Waals surface area contributed by atoms with Gasteiger partial charge in [-0.05, 0) is 112 Å². The lowest BCUT2D eigenvalue weighted by Crippen LogP contribution is -2.31. The molecule has 3 aliphatic carbocycles. The van der Waals surface area contributed by atoms with Crippen LogP contribution in [0.5, 0.6) is 0 Å². The van der Waals surface area contributed by atoms with E-state index in [1.807, 2.05) is 19.2 Å². The Hall–Kier alpha value is -2.03. The smallest absolute Gasteiger partial charge is 0.0729 e. The van der Waals surface area contributed by atoms with Crippen molar-refractivity contribution in [3.05, 3.63) is 60.1 Å². The fourth-order valence-electron chi connectivity index (χ4n) is 6.19. The second kappa shape index (κ2) is 11.9. The lowest BCUT2D eigenvalue weighted by molar-refractivity contribution is 0.269. The van der Waals surface area contributed by atoms with Gasteiger partial charge in [0.25, 0.3) is 0 Å². The van der Waals surface area contributed by atoms with E-state index in [-0.39, 0.29) is 0 Å². The number of aliphatic imine (C=N–C) groups is 1. The summed E-state index contributed by atoms with van der Waals surface area (Å²) >= 11 is 0. The van der Waals surface area contributed by atoms with Crippen molar-refractivity contribution in [3.63, 3.8) is 0 Å². The van der Waals surface area contributed by atoms with Crippen molar-refractivity contribution in [3.8, 4) is 0 Å². The van der Waals surface area contributed by atoms with Gasteiger partial charge in [-0.2, -0.15) is 0 Å². The molecule has 1 heterocycles. The third-order valence-corrected chi connectivity index (χ3v) is 8.27. The molecule has 4 rings (SSSR count). The number of piperidine rings is 1. The number of hydrogen-bond donors (Lipinski definition) is 1. The molecule has 0 aromatic heterocycles. The highest BCUT2D eigenvalue weighted by atomic mass is 15.1. The summed E-state index contributed by atoms with van der Waals surface area (Å²) in [6.45, 7) is 14.2. The van der Waals surface area contributed by atoms with Crippen LogP contribution in [0.4, 0.5) is 0 Å². The molecular formula is C30H45N3. The van der Waals surface area contributed by atoms with E-state index in [2.05, 4.69) is 35.5 Å². The minimum atomic E-state index is 0.727. The summed E-state index contributed by atoms with van der Waals surface area (Å²) in [5.41, 5.74) is 6.25. The molecule has 1 aliphatic heterocycles. The SMILES string of the molecule is C=C1C=C(N2CCCCC2)C=C(CC2CCC(CNC(=C)C3CCCC3)CC2)/C1=N/C=C\C. The molecule has 0 amide bonds. The third kappa shape index (κ3) is 6.52. The van der Waals surface area contributed by atoms with E-state index in [0.717, 1.165) is 42.0 Å². The Balaban J connectivity index is 1.33. The Morgan fingerprint density at radius 2 is 1.70 bits per heavy atom. The van der Waals surface area contributed by atoms with E-state index in [4.69, 9.17) is 4.99 Å². The van der Waals surface area contributed by atoms with Crippen LogP contribution in [0.15, 0.2) is 65.1 Å². The van der Waals surface area contributed by atoms with Crippen LogP contribution < -0.4 is 5.32 Å². The lowest BCUT2D eigenvalue weighted by Gasteiger charge is -2.34. The van der Waals surface area contributed by atoms with Gasteiger partial charge in [0.2, 0.25) is 0 Å². The van der Waals surface area contributed by atoms with Crippen molar-refractivity contribution < 1.29 is 0 Å². The number of hydrogen-bond acceptors (Lipinski definition) is 3. The van der Waals surface area contributed by atoms with Crippen molar-refractivity contribution in [1.82, 2.24) is 10.2 Å². The molecule has 1 N–H and O–H groups in total. The molecule has 3 fully saturated rings. The normalized spacial score (nSPS) is 28.3. The molecule has 33 heavy (non-hydrogen) atoms. The van der Waals surface area contributed by atoms with Crippen molar-refractivity contribution in [2.75, 3.05) is 19.6 Å². The van der Waals surface area contributed by atoms with Gasteiger partial charge in [0.05, 0.1) is 5.71 Å². The fourth-order valence-corrected chi connectivity index (χ4v) is 6.19. The first kappa shape index (κ1) is 24.1. The molecular weight excluding hydrogens is 402 g/mol. The van der Waals surface area contributed by atoms with Gasteiger partial charge in [-0.25, -0.2) is 0 Å². The fraction of sp³-hybridized carbons (Fsp3) is 0.633. The average Bonchev–Trinajstić information content (AvgIpc) is 3.39. The number of nitrogens with zero attached hydrogens (tertiary/aromatic N) is 2. The highest BCUT2D eigenvalue weighted by molar-refractivity contribution is 6.15. The Bertz CT molecular complexity index is 807. The Morgan fingerprint density at radius 3 is 2.39 bits per heavy atom. The van der Waals surface area contributed by atoms with E-state index >= 15 is 0 Å². The van der Waals surface area contributed by atoms with Gasteiger partial charge < -0.3 is 10.2 Å². The number of allylic oxidation sites excluding steroid dienone is 6. The second-order valence-electron chi connectivity index (χ2n) is 10.8. The largest absolute Gasteiger partial charge is 0.388 e. The maximum atomic E-state index is 4.80. The van der Waals surface area contributed by atoms with Crippen LogP contribution in [-0.2, 0) is 0 Å². The number of likely N-dealkylation sites (tertiary alicyclic amines) is 1. The molecule has 0 unspecified atom stereocenters. The predicted molar refractivity (Wildman–Crippen MR) is 142 cm³/mol. The van der Waals surface area contributed by atoms with Gasteiger partial charge in [-0.3, -0.25) is 4.99 Å². The standard InChI is InChI=1S/C30H45N3/c1-4-16-31-30-23(2)19-29(33-17-8-5-9-18-33)21-28(30)20-25-12-14-26(15-13-25)22-32-24(3)27-10-6-7-11-27/h4,16,19,21,25-27,32H,2-3,5-15,17-18,20,22H2,1H3/b16-4-,31-30+. The van der Waals surface area contributed by atoms with Crippen LogP contribution in [-0.4, -0.2) is 30.2 Å². The summed E-state index contributed by atoms with van der Waals surface area (Å²) in [4.78, 5) is 7.35. The molecule has 180 valence electrons. The highest BCUT2D eigenvalue weighted by Crippen LogP contribution is 2.36. The molecule has 0 aromatic carbocycles. The van der Waals surface area contributed by atoms with E-state index in [1.54, 1.807) is 0 Å². The Labute approximate surface area is 202 Å². The molecule has 0 aromatic rings. The zero-order chi connectivity index (χ0) is 23.0. The first-order chi connectivity index (χ1) is 16.1. The van der Waals surface area contributed by atoms with Crippen molar-refractivity contribution in [2.24, 2.45) is 22.7 Å². The Morgan fingerprint density at radius 1 is 1.00 bits per heavy atom. The number of nitrogens with one attached hydrogen (secondary N) is 1. The molecule has 4 aliphatic rings. The molecule has 0 atom stereocenters. The van der Waals surface area contributed by atoms with Crippen molar-refractivity contribution >= 4 is 5.71 Å². The van der Waals surface area contributed by atoms with Crippen LogP contribution in [0.1, 0.15) is 84.0 Å². The average molecular weight is 448 g/mol. The molecule has 1 saturated heterocycles. The maximum absolute atomic E-state index is 4.80. The van der Waals surface area contributed by atoms with Crippen molar-refractivity contribution in [1.29, 1.82) is 0 Å². The molecule has 3 heteroatoms. The molecule has 3 nitrogen and oxygen atoms in total. The molecule has 0 bridgehead atoms. The van der Waals surface area contributed by atoms with Crippen LogP contribution in [0.25, 0.3) is 0 Å². The van der Waals surface area contributed by atoms with E-state index in [1.165, 1.54) is 101 Å². The first-order valence-corrected chi connectivity index (χ1v) is 13.6. The molecule has 2 saturated carbocycles. The highest BCUT2D eigenvalue weighted by Gasteiger charge is 2.27. The quantitative estimate of drug-likeness (QED) is 0.422. The third-order valence-electron chi connectivity index (χ3n) is 8.27. The zero-order valence-electron chi connectivity index (χ0n) is 21.0.